The van der Waals surface area contributed by atoms with Gasteiger partial charge < -0.3 is 4.74 Å². The molecule has 0 saturated heterocycles. The molecule has 4 rings (SSSR count). The molecule has 30 heavy (non-hydrogen) atoms. The Morgan fingerprint density at radius 2 is 2.10 bits per heavy atom. The Labute approximate surface area is 190 Å². The number of nitrogens with zero attached hydrogens (tertiary/aromatic N) is 2. The van der Waals surface area contributed by atoms with Gasteiger partial charge in [-0.05, 0) is 43.0 Å². The summed E-state index contributed by atoms with van der Waals surface area (Å²) in [4.78, 5) is 32.0. The Kier molecular flexibility index (Phi) is 5.97. The summed E-state index contributed by atoms with van der Waals surface area (Å²) in [5.74, 6) is -0.468. The highest BCUT2D eigenvalue weighted by atomic mass is 35.5. The number of thiazole rings is 1. The van der Waals surface area contributed by atoms with E-state index in [-0.39, 0.29) is 12.2 Å². The van der Waals surface area contributed by atoms with Gasteiger partial charge in [-0.1, -0.05) is 52.7 Å². The molecule has 3 heterocycles. The second kappa shape index (κ2) is 8.51. The maximum Gasteiger partial charge on any atom is 0.338 e. The van der Waals surface area contributed by atoms with Crippen LogP contribution in [0, 0.1) is 0 Å². The van der Waals surface area contributed by atoms with Crippen molar-refractivity contribution in [3.8, 4) is 0 Å². The van der Waals surface area contributed by atoms with Gasteiger partial charge in [0.1, 0.15) is 6.04 Å². The van der Waals surface area contributed by atoms with Gasteiger partial charge in [-0.25, -0.2) is 9.79 Å². The van der Waals surface area contributed by atoms with Crippen molar-refractivity contribution in [2.45, 2.75) is 19.9 Å². The molecule has 0 radical (unpaired) electrons. The predicted octanol–water partition coefficient (Wildman–Crippen LogP) is 4.17. The fourth-order valence-corrected chi connectivity index (χ4v) is 5.50. The van der Waals surface area contributed by atoms with Crippen LogP contribution in [0.5, 0.6) is 0 Å². The third-order valence-electron chi connectivity index (χ3n) is 4.60. The summed E-state index contributed by atoms with van der Waals surface area (Å²) in [6.07, 6.45) is 1.70. The average molecular weight is 479 g/mol. The molecule has 5 nitrogen and oxygen atoms in total. The van der Waals surface area contributed by atoms with Crippen molar-refractivity contribution in [1.82, 2.24) is 4.57 Å². The van der Waals surface area contributed by atoms with E-state index in [1.165, 1.54) is 22.7 Å². The normalized spacial score (nSPS) is 16.4. The lowest BCUT2D eigenvalue weighted by atomic mass is 10.0. The molecule has 9 heteroatoms. The molecule has 0 amide bonds. The van der Waals surface area contributed by atoms with Gasteiger partial charge in [-0.3, -0.25) is 9.36 Å². The van der Waals surface area contributed by atoms with E-state index in [2.05, 4.69) is 4.99 Å². The number of hydrogen-bond acceptors (Lipinski definition) is 6. The first-order valence-corrected chi connectivity index (χ1v) is 11.5. The van der Waals surface area contributed by atoms with Gasteiger partial charge in [-0.15, -0.1) is 11.3 Å². The number of carbonyl (C=O) groups excluding carboxylic acids is 1. The van der Waals surface area contributed by atoms with Gasteiger partial charge in [0, 0.05) is 4.88 Å². The summed E-state index contributed by atoms with van der Waals surface area (Å²) in [6.45, 7) is 3.75. The third kappa shape index (κ3) is 3.67. The molecule has 0 spiro atoms. The van der Waals surface area contributed by atoms with E-state index in [1.807, 2.05) is 17.5 Å². The second-order valence-corrected chi connectivity index (χ2v) is 9.23. The van der Waals surface area contributed by atoms with E-state index in [4.69, 9.17) is 27.9 Å². The van der Waals surface area contributed by atoms with Crippen LogP contribution in [0.3, 0.4) is 0 Å². The van der Waals surface area contributed by atoms with Gasteiger partial charge in [-0.2, -0.15) is 0 Å². The number of fused-ring (bicyclic) bond motifs is 1. The highest BCUT2D eigenvalue weighted by Gasteiger charge is 2.33. The maximum atomic E-state index is 13.4. The first-order chi connectivity index (χ1) is 14.4. The molecule has 1 aliphatic heterocycles. The van der Waals surface area contributed by atoms with Gasteiger partial charge in [0.15, 0.2) is 4.80 Å². The minimum Gasteiger partial charge on any atom is -0.463 e. The molecule has 1 atom stereocenters. The van der Waals surface area contributed by atoms with Crippen LogP contribution in [0.2, 0.25) is 10.0 Å². The number of carbonyl (C=O) groups is 1. The zero-order valence-electron chi connectivity index (χ0n) is 16.0. The zero-order chi connectivity index (χ0) is 21.4. The summed E-state index contributed by atoms with van der Waals surface area (Å²) in [5.41, 5.74) is 1.31. The topological polar surface area (TPSA) is 60.7 Å². The highest BCUT2D eigenvalue weighted by Crippen LogP contribution is 2.33. The van der Waals surface area contributed by atoms with E-state index < -0.39 is 12.0 Å². The van der Waals surface area contributed by atoms with Gasteiger partial charge in [0.2, 0.25) is 0 Å². The Hall–Kier alpha value is -2.19. The lowest BCUT2D eigenvalue weighted by Gasteiger charge is -2.23. The monoisotopic (exact) mass is 478 g/mol. The minimum atomic E-state index is -0.586. The van der Waals surface area contributed by atoms with Crippen LogP contribution in [0.4, 0.5) is 0 Å². The molecule has 0 aliphatic carbocycles. The molecule has 2 aromatic heterocycles. The number of allylic oxidation sites excluding steroid dienone is 1. The lowest BCUT2D eigenvalue weighted by molar-refractivity contribution is -0.139. The van der Waals surface area contributed by atoms with Crippen LogP contribution in [0.15, 0.2) is 56.8 Å². The maximum absolute atomic E-state index is 13.4. The zero-order valence-corrected chi connectivity index (χ0v) is 19.2. The smallest absolute Gasteiger partial charge is 0.338 e. The number of thiophene rings is 1. The van der Waals surface area contributed by atoms with Gasteiger partial charge >= 0.3 is 5.97 Å². The second-order valence-electron chi connectivity index (χ2n) is 6.46. The summed E-state index contributed by atoms with van der Waals surface area (Å²) in [7, 11) is 0. The largest absolute Gasteiger partial charge is 0.463 e. The fourth-order valence-electron chi connectivity index (χ4n) is 3.28. The van der Waals surface area contributed by atoms with E-state index in [0.717, 1.165) is 4.88 Å². The number of ether oxygens (including phenoxy) is 1. The van der Waals surface area contributed by atoms with Crippen LogP contribution in [-0.2, 0) is 9.53 Å². The van der Waals surface area contributed by atoms with Crippen molar-refractivity contribution in [3.63, 3.8) is 0 Å². The number of esters is 1. The van der Waals surface area contributed by atoms with Crippen LogP contribution < -0.4 is 14.9 Å². The molecule has 0 saturated carbocycles. The van der Waals surface area contributed by atoms with Crippen LogP contribution >= 0.6 is 45.9 Å². The highest BCUT2D eigenvalue weighted by molar-refractivity contribution is 7.10. The molecule has 0 unspecified atom stereocenters. The Bertz CT molecular complexity index is 1340. The Morgan fingerprint density at radius 1 is 1.30 bits per heavy atom. The molecule has 0 fully saturated rings. The average Bonchev–Trinajstić information content (AvgIpc) is 3.33. The number of benzene rings is 1. The molecule has 1 aromatic carbocycles. The Morgan fingerprint density at radius 3 is 2.80 bits per heavy atom. The predicted molar refractivity (Wildman–Crippen MR) is 121 cm³/mol. The summed E-state index contributed by atoms with van der Waals surface area (Å²) < 4.78 is 7.27. The molecule has 1 aliphatic rings. The molecular formula is C21H16Cl2N2O3S2. The van der Waals surface area contributed by atoms with Crippen LogP contribution in [0.25, 0.3) is 6.08 Å². The van der Waals surface area contributed by atoms with E-state index in [9.17, 15) is 9.59 Å². The molecule has 0 N–H and O–H groups in total. The van der Waals surface area contributed by atoms with Crippen LogP contribution in [-0.4, -0.2) is 17.1 Å². The van der Waals surface area contributed by atoms with Crippen molar-refractivity contribution in [3.05, 3.63) is 87.2 Å². The number of rotatable bonds is 4. The Balaban J connectivity index is 1.96. The molecule has 3 aromatic rings. The number of halogens is 2. The third-order valence-corrected chi connectivity index (χ3v) is 7.34. The van der Waals surface area contributed by atoms with Crippen molar-refractivity contribution in [2.75, 3.05) is 6.61 Å². The van der Waals surface area contributed by atoms with Crippen LogP contribution in [0.1, 0.15) is 30.3 Å². The van der Waals surface area contributed by atoms with Gasteiger partial charge in [0.25, 0.3) is 5.56 Å². The van der Waals surface area contributed by atoms with Crippen molar-refractivity contribution < 1.29 is 9.53 Å². The quantitative estimate of drug-likeness (QED) is 0.528. The number of aromatic nitrogens is 1. The molecule has 0 bridgehead atoms. The number of hydrogen-bond donors (Lipinski definition) is 0. The summed E-state index contributed by atoms with van der Waals surface area (Å²) in [6, 6.07) is 8.46. The van der Waals surface area contributed by atoms with E-state index in [1.54, 1.807) is 42.7 Å². The fraction of sp³-hybridized carbons (Fsp3) is 0.190. The first kappa shape index (κ1) is 21.1. The molecular weight excluding hydrogens is 463 g/mol. The standard InChI is InChI=1S/C21H16Cl2N2O3S2/c1-3-28-20(27)16-11(2)24-21-25(18(16)14-8-5-9-29-14)19(26)15(30-21)10-12-6-4-7-13(22)17(12)23/h4-10,18H,3H2,1-2H3/b15-10+/t18-/m1/s1. The van der Waals surface area contributed by atoms with Crippen molar-refractivity contribution >= 4 is 57.9 Å². The minimum absolute atomic E-state index is 0.241. The summed E-state index contributed by atoms with van der Waals surface area (Å²) in [5, 5.41) is 2.70. The van der Waals surface area contributed by atoms with E-state index in [0.29, 0.717) is 36.2 Å². The first-order valence-electron chi connectivity index (χ1n) is 9.09. The van der Waals surface area contributed by atoms with Crippen molar-refractivity contribution in [2.24, 2.45) is 4.99 Å². The SMILES string of the molecule is CCOC(=O)C1=C(C)N=c2s/c(=C/c3cccc(Cl)c3Cl)c(=O)n2[C@@H]1c1cccs1. The lowest BCUT2D eigenvalue weighted by Crippen LogP contribution is -2.39. The van der Waals surface area contributed by atoms with E-state index >= 15 is 0 Å². The van der Waals surface area contributed by atoms with Crippen molar-refractivity contribution in [1.29, 1.82) is 0 Å². The summed E-state index contributed by atoms with van der Waals surface area (Å²) >= 11 is 15.1. The molecule has 154 valence electrons. The van der Waals surface area contributed by atoms with Gasteiger partial charge in [0.05, 0.1) is 32.5 Å².